The van der Waals surface area contributed by atoms with Gasteiger partial charge in [-0.3, -0.25) is 9.59 Å². The molecule has 1 fully saturated rings. The first-order valence-corrected chi connectivity index (χ1v) is 8.00. The van der Waals surface area contributed by atoms with Gasteiger partial charge in [0.05, 0.1) is 25.8 Å². The van der Waals surface area contributed by atoms with Crippen molar-refractivity contribution in [3.05, 3.63) is 18.2 Å². The molecule has 1 aromatic carbocycles. The molecule has 1 saturated heterocycles. The topological polar surface area (TPSA) is 88.1 Å². The molecule has 24 heavy (non-hydrogen) atoms. The summed E-state index contributed by atoms with van der Waals surface area (Å²) in [6.07, 6.45) is 1.62. The van der Waals surface area contributed by atoms with Crippen molar-refractivity contribution in [2.45, 2.75) is 19.3 Å². The van der Waals surface area contributed by atoms with Gasteiger partial charge in [-0.2, -0.15) is 0 Å². The summed E-state index contributed by atoms with van der Waals surface area (Å²) in [5.41, 5.74) is 0.575. The Hall–Kier alpha value is -2.28. The molecule has 1 aliphatic heterocycles. The lowest BCUT2D eigenvalue weighted by Crippen LogP contribution is -2.37. The van der Waals surface area contributed by atoms with Crippen LogP contribution in [-0.2, 0) is 9.59 Å². The van der Waals surface area contributed by atoms with E-state index in [0.717, 1.165) is 0 Å². The quantitative estimate of drug-likeness (QED) is 0.790. The molecule has 0 atom stereocenters. The van der Waals surface area contributed by atoms with Crippen LogP contribution in [0.5, 0.6) is 11.5 Å². The molecular formula is C17H24N2O5. The van der Waals surface area contributed by atoms with Gasteiger partial charge in [0.2, 0.25) is 5.91 Å². The van der Waals surface area contributed by atoms with E-state index in [0.29, 0.717) is 56.1 Å². The average Bonchev–Trinajstić information content (AvgIpc) is 2.60. The molecule has 0 aliphatic carbocycles. The van der Waals surface area contributed by atoms with Gasteiger partial charge < -0.3 is 24.8 Å². The number of nitrogens with one attached hydrogen (secondary N) is 1. The predicted octanol–water partition coefficient (Wildman–Crippen LogP) is 1.83. The second-order valence-electron chi connectivity index (χ2n) is 5.82. The van der Waals surface area contributed by atoms with Crippen LogP contribution in [0.2, 0.25) is 0 Å². The number of carboxylic acid groups (broad SMARTS) is 1. The van der Waals surface area contributed by atoms with Crippen molar-refractivity contribution < 1.29 is 24.2 Å². The summed E-state index contributed by atoms with van der Waals surface area (Å²) in [6, 6.07) is 5.22. The SMILES string of the molecule is COc1ccc(OC)c(NC(=O)CCN2CCC(C(=O)O)CC2)c1. The third kappa shape index (κ3) is 4.86. The minimum absolute atomic E-state index is 0.109. The van der Waals surface area contributed by atoms with E-state index >= 15 is 0 Å². The lowest BCUT2D eigenvalue weighted by molar-refractivity contribution is -0.143. The van der Waals surface area contributed by atoms with Crippen molar-refractivity contribution in [1.82, 2.24) is 4.90 Å². The number of hydrogen-bond acceptors (Lipinski definition) is 5. The third-order valence-electron chi connectivity index (χ3n) is 4.27. The number of ether oxygens (including phenoxy) is 2. The van der Waals surface area contributed by atoms with Crippen LogP contribution in [-0.4, -0.2) is 55.7 Å². The number of amides is 1. The van der Waals surface area contributed by atoms with Gasteiger partial charge in [0.1, 0.15) is 11.5 Å². The van der Waals surface area contributed by atoms with Gasteiger partial charge in [0.25, 0.3) is 0 Å². The molecule has 0 saturated carbocycles. The second-order valence-corrected chi connectivity index (χ2v) is 5.82. The van der Waals surface area contributed by atoms with Gasteiger partial charge in [-0.15, -0.1) is 0 Å². The van der Waals surface area contributed by atoms with E-state index in [1.54, 1.807) is 32.4 Å². The molecule has 1 aliphatic rings. The summed E-state index contributed by atoms with van der Waals surface area (Å²) in [6.45, 7) is 2.05. The highest BCUT2D eigenvalue weighted by molar-refractivity contribution is 5.92. The Bertz CT molecular complexity index is 582. The highest BCUT2D eigenvalue weighted by Gasteiger charge is 2.24. The number of likely N-dealkylation sites (tertiary alicyclic amines) is 1. The second kappa shape index (κ2) is 8.54. The third-order valence-corrected chi connectivity index (χ3v) is 4.27. The molecule has 0 aromatic heterocycles. The standard InChI is InChI=1S/C17H24N2O5/c1-23-13-3-4-15(24-2)14(11-13)18-16(20)7-10-19-8-5-12(6-9-19)17(21)22/h3-4,11-12H,5-10H2,1-2H3,(H,18,20)(H,21,22). The van der Waals surface area contributed by atoms with Crippen LogP contribution in [0.15, 0.2) is 18.2 Å². The van der Waals surface area contributed by atoms with Crippen LogP contribution >= 0.6 is 0 Å². The normalized spacial score (nSPS) is 15.8. The molecule has 7 heteroatoms. The highest BCUT2D eigenvalue weighted by atomic mass is 16.5. The van der Waals surface area contributed by atoms with Gasteiger partial charge in [0.15, 0.2) is 0 Å². The fourth-order valence-electron chi connectivity index (χ4n) is 2.79. The molecule has 1 heterocycles. The fraction of sp³-hybridized carbons (Fsp3) is 0.529. The lowest BCUT2D eigenvalue weighted by atomic mass is 9.97. The smallest absolute Gasteiger partial charge is 0.306 e. The van der Waals surface area contributed by atoms with E-state index in [2.05, 4.69) is 10.2 Å². The van der Waals surface area contributed by atoms with Crippen molar-refractivity contribution in [1.29, 1.82) is 0 Å². The van der Waals surface area contributed by atoms with Crippen molar-refractivity contribution >= 4 is 17.6 Å². The van der Waals surface area contributed by atoms with Crippen molar-refractivity contribution in [2.75, 3.05) is 39.2 Å². The molecule has 1 amide bonds. The van der Waals surface area contributed by atoms with E-state index in [1.807, 2.05) is 0 Å². The number of rotatable bonds is 7. The zero-order chi connectivity index (χ0) is 17.5. The minimum Gasteiger partial charge on any atom is -0.497 e. The molecule has 1 aromatic rings. The summed E-state index contributed by atoms with van der Waals surface area (Å²) < 4.78 is 10.4. The Balaban J connectivity index is 1.83. The summed E-state index contributed by atoms with van der Waals surface area (Å²) in [5.74, 6) is 0.129. The summed E-state index contributed by atoms with van der Waals surface area (Å²) in [7, 11) is 3.11. The first kappa shape index (κ1) is 18.1. The van der Waals surface area contributed by atoms with Crippen LogP contribution < -0.4 is 14.8 Å². The molecule has 0 spiro atoms. The van der Waals surface area contributed by atoms with Gasteiger partial charge in [-0.25, -0.2) is 0 Å². The summed E-state index contributed by atoms with van der Waals surface area (Å²) in [4.78, 5) is 25.2. The molecular weight excluding hydrogens is 312 g/mol. The Labute approximate surface area is 141 Å². The van der Waals surface area contributed by atoms with Crippen LogP contribution in [0.3, 0.4) is 0 Å². The van der Waals surface area contributed by atoms with Gasteiger partial charge in [-0.05, 0) is 38.1 Å². The van der Waals surface area contributed by atoms with Crippen LogP contribution in [0.25, 0.3) is 0 Å². The van der Waals surface area contributed by atoms with E-state index in [9.17, 15) is 9.59 Å². The Kier molecular flexibility index (Phi) is 6.43. The van der Waals surface area contributed by atoms with Gasteiger partial charge in [-0.1, -0.05) is 0 Å². The molecule has 0 unspecified atom stereocenters. The molecule has 2 N–H and O–H groups in total. The number of benzene rings is 1. The number of carboxylic acids is 1. The molecule has 7 nitrogen and oxygen atoms in total. The monoisotopic (exact) mass is 336 g/mol. The Morgan fingerprint density at radius 3 is 2.54 bits per heavy atom. The van der Waals surface area contributed by atoms with Crippen molar-refractivity contribution in [3.63, 3.8) is 0 Å². The number of piperidine rings is 1. The van der Waals surface area contributed by atoms with Crippen molar-refractivity contribution in [3.8, 4) is 11.5 Å². The van der Waals surface area contributed by atoms with E-state index < -0.39 is 5.97 Å². The maximum absolute atomic E-state index is 12.2. The highest BCUT2D eigenvalue weighted by Crippen LogP contribution is 2.29. The Morgan fingerprint density at radius 1 is 1.25 bits per heavy atom. The predicted molar refractivity (Wildman–Crippen MR) is 89.6 cm³/mol. The number of hydrogen-bond donors (Lipinski definition) is 2. The van der Waals surface area contributed by atoms with E-state index in [4.69, 9.17) is 14.6 Å². The largest absolute Gasteiger partial charge is 0.497 e. The number of anilines is 1. The molecule has 0 radical (unpaired) electrons. The Morgan fingerprint density at radius 2 is 1.96 bits per heavy atom. The minimum atomic E-state index is -0.725. The van der Waals surface area contributed by atoms with Gasteiger partial charge in [0, 0.05) is 19.0 Å². The molecule has 0 bridgehead atoms. The number of aliphatic carboxylic acids is 1. The number of carbonyl (C=O) groups excluding carboxylic acids is 1. The number of methoxy groups -OCH3 is 2. The number of nitrogens with zero attached hydrogens (tertiary/aromatic N) is 1. The molecule has 132 valence electrons. The first-order valence-electron chi connectivity index (χ1n) is 8.00. The van der Waals surface area contributed by atoms with E-state index in [1.165, 1.54) is 0 Å². The van der Waals surface area contributed by atoms with E-state index in [-0.39, 0.29) is 11.8 Å². The maximum atomic E-state index is 12.2. The first-order chi connectivity index (χ1) is 11.5. The summed E-state index contributed by atoms with van der Waals surface area (Å²) >= 11 is 0. The summed E-state index contributed by atoms with van der Waals surface area (Å²) in [5, 5.41) is 11.8. The van der Waals surface area contributed by atoms with Crippen LogP contribution in [0.1, 0.15) is 19.3 Å². The molecule has 2 rings (SSSR count). The van der Waals surface area contributed by atoms with Gasteiger partial charge >= 0.3 is 5.97 Å². The van der Waals surface area contributed by atoms with Crippen LogP contribution in [0.4, 0.5) is 5.69 Å². The zero-order valence-electron chi connectivity index (χ0n) is 14.1. The fourth-order valence-corrected chi connectivity index (χ4v) is 2.79. The van der Waals surface area contributed by atoms with Crippen LogP contribution in [0, 0.1) is 5.92 Å². The zero-order valence-corrected chi connectivity index (χ0v) is 14.1. The maximum Gasteiger partial charge on any atom is 0.306 e. The lowest BCUT2D eigenvalue weighted by Gasteiger charge is -2.29. The average molecular weight is 336 g/mol. The van der Waals surface area contributed by atoms with Crippen molar-refractivity contribution in [2.24, 2.45) is 5.92 Å². The number of carbonyl (C=O) groups is 2.